The molecule has 1 aromatic rings. The standard InChI is InChI=1S/C15H20N2/c1-11-8-12(2)15(13(3)9-11)17-6-4-14(10-16)5-7-17/h8-9,14H,4-7H2,1-3H3. The van der Waals surface area contributed by atoms with Gasteiger partial charge < -0.3 is 4.90 Å². The Hall–Kier alpha value is -1.49. The smallest absolute Gasteiger partial charge is 0.0657 e. The number of nitrogens with zero attached hydrogens (tertiary/aromatic N) is 2. The molecular formula is C15H20N2. The predicted octanol–water partition coefficient (Wildman–Crippen LogP) is 3.35. The van der Waals surface area contributed by atoms with Gasteiger partial charge in [0.15, 0.2) is 0 Å². The van der Waals surface area contributed by atoms with E-state index in [0.29, 0.717) is 0 Å². The van der Waals surface area contributed by atoms with Gasteiger partial charge >= 0.3 is 0 Å². The van der Waals surface area contributed by atoms with E-state index >= 15 is 0 Å². The molecule has 0 bridgehead atoms. The Labute approximate surface area is 104 Å². The Bertz CT molecular complexity index is 425. The minimum absolute atomic E-state index is 0.261. The van der Waals surface area contributed by atoms with Gasteiger partial charge in [-0.1, -0.05) is 17.7 Å². The van der Waals surface area contributed by atoms with E-state index in [9.17, 15) is 0 Å². The van der Waals surface area contributed by atoms with Crippen molar-refractivity contribution in [3.05, 3.63) is 28.8 Å². The molecule has 0 aliphatic carbocycles. The van der Waals surface area contributed by atoms with Crippen molar-refractivity contribution < 1.29 is 0 Å². The molecule has 1 aliphatic heterocycles. The van der Waals surface area contributed by atoms with Crippen LogP contribution in [-0.2, 0) is 0 Å². The van der Waals surface area contributed by atoms with Crippen molar-refractivity contribution >= 4 is 5.69 Å². The van der Waals surface area contributed by atoms with Crippen LogP contribution in [0.15, 0.2) is 12.1 Å². The highest BCUT2D eigenvalue weighted by Gasteiger charge is 2.21. The van der Waals surface area contributed by atoms with E-state index in [4.69, 9.17) is 5.26 Å². The molecule has 1 aliphatic rings. The third-order valence-corrected chi connectivity index (χ3v) is 3.63. The van der Waals surface area contributed by atoms with Gasteiger partial charge in [0.25, 0.3) is 0 Å². The lowest BCUT2D eigenvalue weighted by atomic mass is 9.96. The van der Waals surface area contributed by atoms with E-state index in [1.165, 1.54) is 22.4 Å². The van der Waals surface area contributed by atoms with Gasteiger partial charge in [0.2, 0.25) is 0 Å². The van der Waals surface area contributed by atoms with Crippen LogP contribution in [0.1, 0.15) is 29.5 Å². The van der Waals surface area contributed by atoms with Crippen LogP contribution >= 0.6 is 0 Å². The van der Waals surface area contributed by atoms with Crippen molar-refractivity contribution in [3.8, 4) is 6.07 Å². The SMILES string of the molecule is Cc1cc(C)c(N2CCC(C#N)CC2)c(C)c1. The van der Waals surface area contributed by atoms with Gasteiger partial charge in [0, 0.05) is 24.7 Å². The quantitative estimate of drug-likeness (QED) is 0.737. The summed E-state index contributed by atoms with van der Waals surface area (Å²) in [6.45, 7) is 8.55. The Kier molecular flexibility index (Phi) is 3.38. The van der Waals surface area contributed by atoms with Gasteiger partial charge in [-0.15, -0.1) is 0 Å². The molecule has 0 spiro atoms. The van der Waals surface area contributed by atoms with Crippen molar-refractivity contribution in [2.75, 3.05) is 18.0 Å². The first kappa shape index (κ1) is 12.0. The number of hydrogen-bond donors (Lipinski definition) is 0. The second kappa shape index (κ2) is 4.79. The number of hydrogen-bond acceptors (Lipinski definition) is 2. The number of piperidine rings is 1. The molecule has 0 N–H and O–H groups in total. The molecule has 1 aromatic carbocycles. The number of rotatable bonds is 1. The fraction of sp³-hybridized carbons (Fsp3) is 0.533. The molecule has 2 nitrogen and oxygen atoms in total. The maximum atomic E-state index is 8.92. The Morgan fingerprint density at radius 3 is 2.12 bits per heavy atom. The molecule has 2 heteroatoms. The summed E-state index contributed by atoms with van der Waals surface area (Å²) in [4.78, 5) is 2.44. The predicted molar refractivity (Wildman–Crippen MR) is 71.2 cm³/mol. The lowest BCUT2D eigenvalue weighted by Gasteiger charge is -2.33. The molecule has 0 radical (unpaired) electrons. The summed E-state index contributed by atoms with van der Waals surface area (Å²) in [5.74, 6) is 0.261. The van der Waals surface area contributed by atoms with E-state index in [0.717, 1.165) is 25.9 Å². The fourth-order valence-corrected chi connectivity index (χ4v) is 2.90. The zero-order chi connectivity index (χ0) is 12.4. The largest absolute Gasteiger partial charge is 0.371 e. The molecule has 2 rings (SSSR count). The zero-order valence-corrected chi connectivity index (χ0v) is 11.0. The molecule has 1 fully saturated rings. The normalized spacial score (nSPS) is 16.9. The molecule has 0 saturated carbocycles. The first-order chi connectivity index (χ1) is 8.11. The van der Waals surface area contributed by atoms with E-state index < -0.39 is 0 Å². The maximum Gasteiger partial charge on any atom is 0.0657 e. The molecule has 17 heavy (non-hydrogen) atoms. The third kappa shape index (κ3) is 2.44. The summed E-state index contributed by atoms with van der Waals surface area (Å²) in [5, 5.41) is 8.92. The summed E-state index contributed by atoms with van der Waals surface area (Å²) in [5.41, 5.74) is 5.43. The highest BCUT2D eigenvalue weighted by atomic mass is 15.1. The van der Waals surface area contributed by atoms with Crippen LogP contribution in [0.2, 0.25) is 0 Å². The Balaban J connectivity index is 2.22. The van der Waals surface area contributed by atoms with Gasteiger partial charge in [-0.3, -0.25) is 0 Å². The average molecular weight is 228 g/mol. The molecular weight excluding hydrogens is 208 g/mol. The van der Waals surface area contributed by atoms with Crippen LogP contribution in [0.25, 0.3) is 0 Å². The van der Waals surface area contributed by atoms with E-state index in [1.54, 1.807) is 0 Å². The summed E-state index contributed by atoms with van der Waals surface area (Å²) in [6.07, 6.45) is 2.01. The van der Waals surface area contributed by atoms with Gasteiger partial charge in [-0.25, -0.2) is 0 Å². The summed E-state index contributed by atoms with van der Waals surface area (Å²) in [7, 11) is 0. The lowest BCUT2D eigenvalue weighted by Crippen LogP contribution is -2.34. The number of benzene rings is 1. The third-order valence-electron chi connectivity index (χ3n) is 3.63. The molecule has 1 heterocycles. The molecule has 90 valence electrons. The highest BCUT2D eigenvalue weighted by molar-refractivity contribution is 5.60. The fourth-order valence-electron chi connectivity index (χ4n) is 2.90. The number of aryl methyl sites for hydroxylation is 3. The summed E-state index contributed by atoms with van der Waals surface area (Å²) < 4.78 is 0. The van der Waals surface area contributed by atoms with Crippen molar-refractivity contribution in [3.63, 3.8) is 0 Å². The molecule has 0 aromatic heterocycles. The second-order valence-electron chi connectivity index (χ2n) is 5.14. The number of nitriles is 1. The Morgan fingerprint density at radius 2 is 1.65 bits per heavy atom. The van der Waals surface area contributed by atoms with E-state index in [-0.39, 0.29) is 5.92 Å². The van der Waals surface area contributed by atoms with Gasteiger partial charge in [0.1, 0.15) is 0 Å². The van der Waals surface area contributed by atoms with Crippen molar-refractivity contribution in [1.29, 1.82) is 5.26 Å². The van der Waals surface area contributed by atoms with Crippen LogP contribution < -0.4 is 4.90 Å². The summed E-state index contributed by atoms with van der Waals surface area (Å²) >= 11 is 0. The maximum absolute atomic E-state index is 8.92. The van der Waals surface area contributed by atoms with Gasteiger partial charge in [-0.05, 0) is 44.7 Å². The second-order valence-corrected chi connectivity index (χ2v) is 5.14. The molecule has 0 amide bonds. The minimum Gasteiger partial charge on any atom is -0.371 e. The van der Waals surface area contributed by atoms with Crippen LogP contribution in [0.4, 0.5) is 5.69 Å². The molecule has 0 unspecified atom stereocenters. The lowest BCUT2D eigenvalue weighted by molar-refractivity contribution is 0.487. The first-order valence-electron chi connectivity index (χ1n) is 6.34. The van der Waals surface area contributed by atoms with Crippen molar-refractivity contribution in [2.24, 2.45) is 5.92 Å². The van der Waals surface area contributed by atoms with Gasteiger partial charge in [-0.2, -0.15) is 5.26 Å². The van der Waals surface area contributed by atoms with Crippen LogP contribution in [0.5, 0.6) is 0 Å². The Morgan fingerprint density at radius 1 is 1.12 bits per heavy atom. The molecule has 1 saturated heterocycles. The van der Waals surface area contributed by atoms with Crippen LogP contribution in [0.3, 0.4) is 0 Å². The van der Waals surface area contributed by atoms with E-state index in [2.05, 4.69) is 43.9 Å². The van der Waals surface area contributed by atoms with Crippen molar-refractivity contribution in [1.82, 2.24) is 0 Å². The van der Waals surface area contributed by atoms with Crippen LogP contribution in [-0.4, -0.2) is 13.1 Å². The topological polar surface area (TPSA) is 27.0 Å². The monoisotopic (exact) mass is 228 g/mol. The zero-order valence-electron chi connectivity index (χ0n) is 11.0. The average Bonchev–Trinajstić information content (AvgIpc) is 2.28. The van der Waals surface area contributed by atoms with Crippen LogP contribution in [0, 0.1) is 38.0 Å². The summed E-state index contributed by atoms with van der Waals surface area (Å²) in [6, 6.07) is 6.89. The van der Waals surface area contributed by atoms with Gasteiger partial charge in [0.05, 0.1) is 6.07 Å². The number of anilines is 1. The van der Waals surface area contributed by atoms with Crippen molar-refractivity contribution in [2.45, 2.75) is 33.6 Å². The van der Waals surface area contributed by atoms with E-state index in [1.807, 2.05) is 0 Å². The molecule has 0 atom stereocenters. The minimum atomic E-state index is 0.261. The first-order valence-corrected chi connectivity index (χ1v) is 6.34. The highest BCUT2D eigenvalue weighted by Crippen LogP contribution is 2.29.